The Bertz CT molecular complexity index is 1330. The van der Waals surface area contributed by atoms with Crippen molar-refractivity contribution in [3.05, 3.63) is 94.6 Å². The van der Waals surface area contributed by atoms with Gasteiger partial charge in [0.2, 0.25) is 0 Å². The highest BCUT2D eigenvalue weighted by atomic mass is 32.1. The number of thiol groups is 1. The van der Waals surface area contributed by atoms with Crippen molar-refractivity contribution in [1.82, 2.24) is 0 Å². The van der Waals surface area contributed by atoms with Crippen molar-refractivity contribution in [2.45, 2.75) is 109 Å². The number of aliphatic hydroxyl groups excluding tert-OH is 1. The molecular formula is C38H50O5S. The molecule has 3 atom stereocenters. The SMILES string of the molecule is C=C(C)C(=O)OC1(CCCCO)CC(/C=C(\C)C(=O)OC2(CCCCS)CCCCc3ccccc32)CCc2ccccc21. The Morgan fingerprint density at radius 1 is 0.886 bits per heavy atom. The Balaban J connectivity index is 1.66. The number of esters is 2. The van der Waals surface area contributed by atoms with Crippen molar-refractivity contribution >= 4 is 24.6 Å². The van der Waals surface area contributed by atoms with Gasteiger partial charge in [-0.2, -0.15) is 12.6 Å². The van der Waals surface area contributed by atoms with Crippen LogP contribution in [-0.4, -0.2) is 29.4 Å². The van der Waals surface area contributed by atoms with Crippen LogP contribution in [0.25, 0.3) is 0 Å². The number of allylic oxidation sites excluding steroid dienone is 1. The lowest BCUT2D eigenvalue weighted by Crippen LogP contribution is -2.35. The molecule has 0 saturated heterocycles. The minimum atomic E-state index is -0.877. The Morgan fingerprint density at radius 3 is 2.18 bits per heavy atom. The highest BCUT2D eigenvalue weighted by Gasteiger charge is 2.42. The van der Waals surface area contributed by atoms with Gasteiger partial charge in [0.1, 0.15) is 11.2 Å². The van der Waals surface area contributed by atoms with E-state index in [2.05, 4.69) is 55.6 Å². The lowest BCUT2D eigenvalue weighted by Gasteiger charge is -2.36. The molecule has 0 aromatic heterocycles. The topological polar surface area (TPSA) is 72.8 Å². The summed E-state index contributed by atoms with van der Waals surface area (Å²) < 4.78 is 12.9. The second-order valence-electron chi connectivity index (χ2n) is 12.8. The van der Waals surface area contributed by atoms with Crippen LogP contribution in [0.4, 0.5) is 0 Å². The summed E-state index contributed by atoms with van der Waals surface area (Å²) in [7, 11) is 0. The van der Waals surface area contributed by atoms with Crippen molar-refractivity contribution in [3.63, 3.8) is 0 Å². The summed E-state index contributed by atoms with van der Waals surface area (Å²) >= 11 is 4.43. The zero-order valence-electron chi connectivity index (χ0n) is 26.6. The lowest BCUT2D eigenvalue weighted by atomic mass is 9.80. The molecule has 6 heteroatoms. The number of unbranched alkanes of at least 4 members (excludes halogenated alkanes) is 2. The van der Waals surface area contributed by atoms with Crippen molar-refractivity contribution < 1.29 is 24.2 Å². The molecule has 0 radical (unpaired) electrons. The summed E-state index contributed by atoms with van der Waals surface area (Å²) in [5.41, 5.74) is 4.02. The van der Waals surface area contributed by atoms with Crippen molar-refractivity contribution in [3.8, 4) is 0 Å². The molecule has 2 aromatic rings. The van der Waals surface area contributed by atoms with E-state index < -0.39 is 17.2 Å². The molecule has 0 amide bonds. The minimum absolute atomic E-state index is 0.0106. The van der Waals surface area contributed by atoms with E-state index in [9.17, 15) is 14.7 Å². The summed E-state index contributed by atoms with van der Waals surface area (Å²) in [6.45, 7) is 7.45. The first-order valence-electron chi connectivity index (χ1n) is 16.4. The molecule has 2 aromatic carbocycles. The molecule has 0 heterocycles. The van der Waals surface area contributed by atoms with Gasteiger partial charge in [-0.15, -0.1) is 0 Å². The molecule has 0 fully saturated rings. The molecule has 0 saturated carbocycles. The molecule has 1 N–H and O–H groups in total. The highest BCUT2D eigenvalue weighted by molar-refractivity contribution is 7.80. The third-order valence-electron chi connectivity index (χ3n) is 9.38. The van der Waals surface area contributed by atoms with Gasteiger partial charge in [0.05, 0.1) is 0 Å². The zero-order chi connectivity index (χ0) is 31.6. The predicted molar refractivity (Wildman–Crippen MR) is 180 cm³/mol. The Morgan fingerprint density at radius 2 is 1.50 bits per heavy atom. The van der Waals surface area contributed by atoms with Gasteiger partial charge in [0, 0.05) is 17.8 Å². The first-order valence-corrected chi connectivity index (χ1v) is 17.1. The second kappa shape index (κ2) is 15.9. The number of hydrogen-bond acceptors (Lipinski definition) is 6. The van der Waals surface area contributed by atoms with Crippen molar-refractivity contribution in [2.75, 3.05) is 12.4 Å². The van der Waals surface area contributed by atoms with Crippen LogP contribution in [0.1, 0.15) is 107 Å². The monoisotopic (exact) mass is 618 g/mol. The molecule has 0 bridgehead atoms. The molecule has 3 unspecified atom stereocenters. The summed E-state index contributed by atoms with van der Waals surface area (Å²) in [6.07, 6.45) is 12.8. The summed E-state index contributed by atoms with van der Waals surface area (Å²) in [5.74, 6) is 0.104. The van der Waals surface area contributed by atoms with Gasteiger partial charge in [0.25, 0.3) is 0 Å². The number of fused-ring (bicyclic) bond motifs is 2. The Labute approximate surface area is 269 Å². The number of rotatable bonds is 13. The largest absolute Gasteiger partial charge is 0.451 e. The maximum absolute atomic E-state index is 14.0. The van der Waals surface area contributed by atoms with Gasteiger partial charge < -0.3 is 14.6 Å². The van der Waals surface area contributed by atoms with Gasteiger partial charge >= 0.3 is 11.9 Å². The third kappa shape index (κ3) is 8.25. The third-order valence-corrected chi connectivity index (χ3v) is 9.70. The minimum Gasteiger partial charge on any atom is -0.451 e. The van der Waals surface area contributed by atoms with Crippen LogP contribution in [0.2, 0.25) is 0 Å². The fourth-order valence-corrected chi connectivity index (χ4v) is 7.36. The number of ether oxygens (including phenoxy) is 2. The second-order valence-corrected chi connectivity index (χ2v) is 13.2. The van der Waals surface area contributed by atoms with E-state index >= 15 is 0 Å². The van der Waals surface area contributed by atoms with Gasteiger partial charge in [-0.3, -0.25) is 0 Å². The van der Waals surface area contributed by atoms with E-state index in [-0.39, 0.29) is 18.5 Å². The van der Waals surface area contributed by atoms with E-state index in [0.717, 1.165) is 80.2 Å². The molecule has 0 spiro atoms. The molecule has 0 aliphatic heterocycles. The maximum atomic E-state index is 14.0. The van der Waals surface area contributed by atoms with E-state index in [1.807, 2.05) is 25.1 Å². The number of carbonyl (C=O) groups is 2. The number of carbonyl (C=O) groups excluding carboxylic acids is 2. The molecular weight excluding hydrogens is 568 g/mol. The van der Waals surface area contributed by atoms with E-state index in [0.29, 0.717) is 36.8 Å². The van der Waals surface area contributed by atoms with Crippen LogP contribution in [0.3, 0.4) is 0 Å². The predicted octanol–water partition coefficient (Wildman–Crippen LogP) is 8.33. The van der Waals surface area contributed by atoms with Gasteiger partial charge in [-0.25, -0.2) is 9.59 Å². The number of hydrogen-bond donors (Lipinski definition) is 2. The lowest BCUT2D eigenvalue weighted by molar-refractivity contribution is -0.160. The van der Waals surface area contributed by atoms with E-state index in [4.69, 9.17) is 9.47 Å². The molecule has 2 aliphatic carbocycles. The van der Waals surface area contributed by atoms with E-state index in [1.54, 1.807) is 6.92 Å². The quantitative estimate of drug-likeness (QED) is 0.0777. The Hall–Kier alpha value is -2.83. The first-order chi connectivity index (χ1) is 21.2. The van der Waals surface area contributed by atoms with E-state index in [1.165, 1.54) is 5.56 Å². The molecule has 238 valence electrons. The number of aryl methyl sites for hydroxylation is 2. The fourth-order valence-electron chi connectivity index (χ4n) is 7.13. The zero-order valence-corrected chi connectivity index (χ0v) is 27.5. The van der Waals surface area contributed by atoms with Crippen molar-refractivity contribution in [2.24, 2.45) is 5.92 Å². The van der Waals surface area contributed by atoms with Gasteiger partial charge in [-0.1, -0.05) is 61.2 Å². The number of aliphatic hydroxyl groups is 1. The summed E-state index contributed by atoms with van der Waals surface area (Å²) in [5, 5.41) is 9.55. The van der Waals surface area contributed by atoms with Crippen LogP contribution in [0.5, 0.6) is 0 Å². The normalized spacial score (nSPS) is 23.5. The number of benzene rings is 2. The average molecular weight is 619 g/mol. The van der Waals surface area contributed by atoms with Gasteiger partial charge in [-0.05, 0) is 131 Å². The molecule has 44 heavy (non-hydrogen) atoms. The molecule has 4 rings (SSSR count). The van der Waals surface area contributed by atoms with Crippen LogP contribution in [-0.2, 0) is 43.1 Å². The smallest absolute Gasteiger partial charge is 0.334 e. The molecule has 5 nitrogen and oxygen atoms in total. The highest BCUT2D eigenvalue weighted by Crippen LogP contribution is 2.45. The average Bonchev–Trinajstić information content (AvgIpc) is 3.28. The van der Waals surface area contributed by atoms with Crippen LogP contribution in [0.15, 0.2) is 72.3 Å². The van der Waals surface area contributed by atoms with Crippen LogP contribution >= 0.6 is 12.6 Å². The first kappa shape index (κ1) is 34.1. The summed E-state index contributed by atoms with van der Waals surface area (Å²) in [4.78, 5) is 27.0. The fraction of sp³-hybridized carbons (Fsp3) is 0.526. The Kier molecular flexibility index (Phi) is 12.3. The maximum Gasteiger partial charge on any atom is 0.334 e. The standard InChI is InChI=1S/C38H50O5S/c1-28(2)35(40)42-38(23-10-12-24-39)27-30(19-20-32-15-5-7-18-34(32)38)26-29(3)36(41)43-37(22-11-13-25-44)21-9-8-16-31-14-4-6-17-33(31)37/h4-7,14-15,17-18,26,30,39,44H,1,8-13,16,19-25,27H2,2-3H3/b29-26+. The van der Waals surface area contributed by atoms with Gasteiger partial charge in [0.15, 0.2) is 0 Å². The summed E-state index contributed by atoms with van der Waals surface area (Å²) in [6, 6.07) is 16.6. The van der Waals surface area contributed by atoms with Crippen LogP contribution in [0, 0.1) is 5.92 Å². The van der Waals surface area contributed by atoms with Crippen LogP contribution < -0.4 is 0 Å². The van der Waals surface area contributed by atoms with Crippen molar-refractivity contribution in [1.29, 1.82) is 0 Å². The molecule has 2 aliphatic rings.